The van der Waals surface area contributed by atoms with E-state index in [9.17, 15) is 14.4 Å². The number of carbonyl (C=O) groups excluding carboxylic acids is 2. The summed E-state index contributed by atoms with van der Waals surface area (Å²) in [6.45, 7) is 0.0536. The fourth-order valence-electron chi connectivity index (χ4n) is 1.41. The summed E-state index contributed by atoms with van der Waals surface area (Å²) in [5, 5.41) is 22.1. The molecule has 8 nitrogen and oxygen atoms in total. The number of aliphatic hydroxyl groups excluding tert-OH is 1. The van der Waals surface area contributed by atoms with Gasteiger partial charge in [-0.1, -0.05) is 0 Å². The van der Waals surface area contributed by atoms with Crippen molar-refractivity contribution in [3.05, 3.63) is 0 Å². The molecular weight excluding hydrogens is 230 g/mol. The topological polar surface area (TPSA) is 119 Å². The van der Waals surface area contributed by atoms with Crippen LogP contribution in [0.1, 0.15) is 6.42 Å². The summed E-state index contributed by atoms with van der Waals surface area (Å²) in [6, 6.07) is -2.02. The van der Waals surface area contributed by atoms with Crippen LogP contribution in [-0.2, 0) is 9.59 Å². The number of carbonyl (C=O) groups is 3. The Morgan fingerprint density at radius 3 is 2.82 bits per heavy atom. The van der Waals surface area contributed by atoms with Crippen molar-refractivity contribution in [2.75, 3.05) is 26.2 Å². The van der Waals surface area contributed by atoms with Gasteiger partial charge in [-0.2, -0.15) is 0 Å². The average Bonchev–Trinajstić information content (AvgIpc) is 2.50. The molecule has 0 radical (unpaired) electrons. The van der Waals surface area contributed by atoms with E-state index < -0.39 is 24.6 Å². The molecule has 1 aliphatic rings. The Bertz CT molecular complexity index is 320. The zero-order valence-corrected chi connectivity index (χ0v) is 9.18. The van der Waals surface area contributed by atoms with Gasteiger partial charge in [0.05, 0.1) is 6.61 Å². The summed E-state index contributed by atoms with van der Waals surface area (Å²) in [5.41, 5.74) is 0. The van der Waals surface area contributed by atoms with Gasteiger partial charge in [-0.25, -0.2) is 9.59 Å². The molecule has 1 fully saturated rings. The second-order valence-corrected chi connectivity index (χ2v) is 3.65. The molecule has 0 aromatic heterocycles. The van der Waals surface area contributed by atoms with Crippen molar-refractivity contribution in [2.24, 2.45) is 0 Å². The summed E-state index contributed by atoms with van der Waals surface area (Å²) in [6.07, 6.45) is 0.607. The number of carboxylic acid groups (broad SMARTS) is 1. The molecule has 1 unspecified atom stereocenters. The highest BCUT2D eigenvalue weighted by atomic mass is 16.4. The van der Waals surface area contributed by atoms with Gasteiger partial charge in [-0.15, -0.1) is 0 Å². The largest absolute Gasteiger partial charge is 0.480 e. The second kappa shape index (κ2) is 6.04. The van der Waals surface area contributed by atoms with Gasteiger partial charge in [-0.05, 0) is 6.42 Å². The number of carboxylic acids is 1. The fraction of sp³-hybridized carbons (Fsp3) is 0.667. The maximum Gasteiger partial charge on any atom is 0.328 e. The van der Waals surface area contributed by atoms with Crippen molar-refractivity contribution in [2.45, 2.75) is 12.5 Å². The summed E-state index contributed by atoms with van der Waals surface area (Å²) in [7, 11) is 0. The van der Waals surface area contributed by atoms with Crippen LogP contribution >= 0.6 is 0 Å². The van der Waals surface area contributed by atoms with Crippen LogP contribution in [0.4, 0.5) is 4.79 Å². The number of amides is 3. The molecule has 8 heteroatoms. The molecule has 1 heterocycles. The monoisotopic (exact) mass is 245 g/mol. The zero-order valence-electron chi connectivity index (χ0n) is 9.18. The second-order valence-electron chi connectivity index (χ2n) is 3.65. The summed E-state index contributed by atoms with van der Waals surface area (Å²) < 4.78 is 0. The number of hydrogen-bond acceptors (Lipinski definition) is 4. The minimum Gasteiger partial charge on any atom is -0.480 e. The van der Waals surface area contributed by atoms with E-state index in [0.29, 0.717) is 19.5 Å². The van der Waals surface area contributed by atoms with Crippen molar-refractivity contribution in [3.63, 3.8) is 0 Å². The molecule has 0 saturated carbocycles. The van der Waals surface area contributed by atoms with Crippen molar-refractivity contribution in [1.29, 1.82) is 0 Å². The predicted octanol–water partition coefficient (Wildman–Crippen LogP) is -2.04. The lowest BCUT2D eigenvalue weighted by molar-refractivity contribution is -0.140. The van der Waals surface area contributed by atoms with Crippen LogP contribution in [0.15, 0.2) is 0 Å². The van der Waals surface area contributed by atoms with Gasteiger partial charge in [0.25, 0.3) is 0 Å². The fourth-order valence-corrected chi connectivity index (χ4v) is 1.41. The Labute approximate surface area is 97.6 Å². The van der Waals surface area contributed by atoms with Gasteiger partial charge in [-0.3, -0.25) is 4.79 Å². The van der Waals surface area contributed by atoms with Crippen LogP contribution in [0.3, 0.4) is 0 Å². The number of aliphatic carboxylic acids is 1. The molecule has 0 spiro atoms. The quantitative estimate of drug-likeness (QED) is 0.457. The molecule has 0 aromatic carbocycles. The van der Waals surface area contributed by atoms with Gasteiger partial charge in [0.1, 0.15) is 6.54 Å². The SMILES string of the molecule is O=C1CN(C(=O)NC(CO)C(=O)O)CCCN1. The third-order valence-corrected chi connectivity index (χ3v) is 2.33. The molecule has 1 atom stereocenters. The Balaban J connectivity index is 2.56. The number of nitrogens with zero attached hydrogens (tertiary/aromatic N) is 1. The van der Waals surface area contributed by atoms with E-state index in [0.717, 1.165) is 0 Å². The molecule has 1 aliphatic heterocycles. The molecule has 1 rings (SSSR count). The van der Waals surface area contributed by atoms with Crippen molar-refractivity contribution in [1.82, 2.24) is 15.5 Å². The van der Waals surface area contributed by atoms with Crippen LogP contribution in [0.2, 0.25) is 0 Å². The van der Waals surface area contributed by atoms with Crippen LogP contribution in [0.5, 0.6) is 0 Å². The summed E-state index contributed by atoms with van der Waals surface area (Å²) in [5.74, 6) is -1.60. The van der Waals surface area contributed by atoms with Crippen molar-refractivity contribution < 1.29 is 24.6 Å². The standard InChI is InChI=1S/C9H15N3O5/c13-5-6(8(15)16)11-9(17)12-3-1-2-10-7(14)4-12/h6,13H,1-5H2,(H,10,14)(H,11,17)(H,15,16). The van der Waals surface area contributed by atoms with E-state index in [-0.39, 0.29) is 12.5 Å². The van der Waals surface area contributed by atoms with Gasteiger partial charge in [0.2, 0.25) is 5.91 Å². The first-order valence-electron chi connectivity index (χ1n) is 5.20. The van der Waals surface area contributed by atoms with E-state index >= 15 is 0 Å². The van der Waals surface area contributed by atoms with Crippen molar-refractivity contribution >= 4 is 17.9 Å². The Morgan fingerprint density at radius 2 is 2.24 bits per heavy atom. The number of nitrogens with one attached hydrogen (secondary N) is 2. The first-order valence-corrected chi connectivity index (χ1v) is 5.20. The molecule has 17 heavy (non-hydrogen) atoms. The number of hydrogen-bond donors (Lipinski definition) is 4. The minimum absolute atomic E-state index is 0.108. The van der Waals surface area contributed by atoms with E-state index in [1.807, 2.05) is 0 Å². The first-order chi connectivity index (χ1) is 8.04. The molecule has 0 aliphatic carbocycles. The molecule has 0 aromatic rings. The van der Waals surface area contributed by atoms with Gasteiger partial charge < -0.3 is 25.7 Å². The molecule has 0 bridgehead atoms. The van der Waals surface area contributed by atoms with Crippen LogP contribution in [0, 0.1) is 0 Å². The lowest BCUT2D eigenvalue weighted by Gasteiger charge is -2.21. The van der Waals surface area contributed by atoms with Gasteiger partial charge >= 0.3 is 12.0 Å². The Morgan fingerprint density at radius 1 is 1.53 bits per heavy atom. The third kappa shape index (κ3) is 3.91. The van der Waals surface area contributed by atoms with Crippen LogP contribution in [-0.4, -0.2) is 65.3 Å². The summed E-state index contributed by atoms with van der Waals surface area (Å²) in [4.78, 5) is 34.6. The van der Waals surface area contributed by atoms with Crippen LogP contribution < -0.4 is 10.6 Å². The van der Waals surface area contributed by atoms with E-state index in [4.69, 9.17) is 10.2 Å². The number of rotatable bonds is 3. The van der Waals surface area contributed by atoms with E-state index in [1.54, 1.807) is 0 Å². The third-order valence-electron chi connectivity index (χ3n) is 2.33. The Hall–Kier alpha value is -1.83. The number of urea groups is 1. The smallest absolute Gasteiger partial charge is 0.328 e. The first kappa shape index (κ1) is 13.2. The highest BCUT2D eigenvalue weighted by molar-refractivity contribution is 5.87. The maximum atomic E-state index is 11.6. The summed E-state index contributed by atoms with van der Waals surface area (Å²) >= 11 is 0. The van der Waals surface area contributed by atoms with E-state index in [2.05, 4.69) is 10.6 Å². The number of aliphatic hydroxyl groups is 1. The predicted molar refractivity (Wildman–Crippen MR) is 56.2 cm³/mol. The molecule has 96 valence electrons. The van der Waals surface area contributed by atoms with Crippen LogP contribution in [0.25, 0.3) is 0 Å². The maximum absolute atomic E-state index is 11.6. The molecule has 3 amide bonds. The normalized spacial score (nSPS) is 17.9. The molecular formula is C9H15N3O5. The Kier molecular flexibility index (Phi) is 4.70. The minimum atomic E-state index is -1.35. The van der Waals surface area contributed by atoms with Gasteiger partial charge in [0.15, 0.2) is 6.04 Å². The van der Waals surface area contributed by atoms with Crippen molar-refractivity contribution in [3.8, 4) is 0 Å². The van der Waals surface area contributed by atoms with Gasteiger partial charge in [0, 0.05) is 13.1 Å². The molecule has 4 N–H and O–H groups in total. The lowest BCUT2D eigenvalue weighted by Crippen LogP contribution is -2.50. The zero-order chi connectivity index (χ0) is 12.8. The lowest BCUT2D eigenvalue weighted by atomic mass is 10.3. The van der Waals surface area contributed by atoms with E-state index in [1.165, 1.54) is 4.90 Å². The average molecular weight is 245 g/mol. The highest BCUT2D eigenvalue weighted by Gasteiger charge is 2.24. The molecule has 1 saturated heterocycles. The highest BCUT2D eigenvalue weighted by Crippen LogP contribution is 1.98.